The first-order valence-corrected chi connectivity index (χ1v) is 7.87. The van der Waals surface area contributed by atoms with Gasteiger partial charge >= 0.3 is 0 Å². The fraction of sp³-hybridized carbons (Fsp3) is 0.444. The normalized spacial score (nSPS) is 23.5. The highest BCUT2D eigenvalue weighted by molar-refractivity contribution is 5.97. The van der Waals surface area contributed by atoms with Gasteiger partial charge in [0.25, 0.3) is 0 Å². The van der Waals surface area contributed by atoms with Gasteiger partial charge in [-0.3, -0.25) is 9.59 Å². The van der Waals surface area contributed by atoms with E-state index in [1.54, 1.807) is 4.90 Å². The first-order chi connectivity index (χ1) is 10.6. The Bertz CT molecular complexity index is 632. The lowest BCUT2D eigenvalue weighted by atomic mass is 9.90. The van der Waals surface area contributed by atoms with Crippen LogP contribution in [0.1, 0.15) is 37.8 Å². The molecule has 4 nitrogen and oxygen atoms in total. The Labute approximate surface area is 131 Å². The van der Waals surface area contributed by atoms with E-state index in [1.807, 2.05) is 38.1 Å². The van der Waals surface area contributed by atoms with Gasteiger partial charge in [0.05, 0.1) is 0 Å². The molecule has 0 spiro atoms. The molecule has 2 amide bonds. The van der Waals surface area contributed by atoms with Gasteiger partial charge in [-0.05, 0) is 37.8 Å². The second kappa shape index (κ2) is 5.95. The van der Waals surface area contributed by atoms with Crippen LogP contribution >= 0.6 is 0 Å². The molecule has 22 heavy (non-hydrogen) atoms. The number of carbonyl (C=O) groups is 2. The predicted molar refractivity (Wildman–Crippen MR) is 85.1 cm³/mol. The lowest BCUT2D eigenvalue weighted by molar-refractivity contribution is -0.150. The predicted octanol–water partition coefficient (Wildman–Crippen LogP) is 2.18. The Balaban J connectivity index is 1.77. The minimum atomic E-state index is -0.385. The maximum atomic E-state index is 12.7. The molecule has 0 saturated carbocycles. The van der Waals surface area contributed by atoms with Gasteiger partial charge in [-0.15, -0.1) is 0 Å². The molecule has 1 aromatic rings. The third kappa shape index (κ3) is 2.78. The molecule has 1 N–H and O–H groups in total. The molecule has 1 fully saturated rings. The summed E-state index contributed by atoms with van der Waals surface area (Å²) in [4.78, 5) is 26.8. The minimum Gasteiger partial charge on any atom is -0.342 e. The van der Waals surface area contributed by atoms with Gasteiger partial charge < -0.3 is 10.2 Å². The molecule has 0 aliphatic carbocycles. The second-order valence-corrected chi connectivity index (χ2v) is 6.37. The fourth-order valence-corrected chi connectivity index (χ4v) is 3.25. The number of nitrogens with one attached hydrogen (secondary N) is 1. The lowest BCUT2D eigenvalue weighted by Crippen LogP contribution is -2.64. The molecule has 116 valence electrons. The van der Waals surface area contributed by atoms with Crippen LogP contribution in [0.15, 0.2) is 35.9 Å². The summed E-state index contributed by atoms with van der Waals surface area (Å²) < 4.78 is 0. The first-order valence-electron chi connectivity index (χ1n) is 7.87. The summed E-state index contributed by atoms with van der Waals surface area (Å²) in [5.74, 6) is 0.0394. The molecule has 2 aliphatic rings. The fourth-order valence-electron chi connectivity index (χ4n) is 3.25. The van der Waals surface area contributed by atoms with Crippen molar-refractivity contribution in [3.8, 4) is 0 Å². The van der Waals surface area contributed by atoms with Crippen molar-refractivity contribution in [1.82, 2.24) is 10.2 Å². The molecule has 0 aromatic heterocycles. The standard InChI is InChI=1S/C18H22N2O2/c1-12(2)6-5-9-15-18(22)20-11-14-8-4-3-7-13(14)10-16(20)17(21)19-15/h3-4,6-8,15-16H,5,9-11H2,1-2H3,(H,19,21)/t15-,16+/m1/s1. The third-order valence-corrected chi connectivity index (χ3v) is 4.46. The van der Waals surface area contributed by atoms with Crippen LogP contribution in [-0.4, -0.2) is 28.8 Å². The Kier molecular flexibility index (Phi) is 4.01. The summed E-state index contributed by atoms with van der Waals surface area (Å²) in [7, 11) is 0. The van der Waals surface area contributed by atoms with Crippen molar-refractivity contribution in [2.45, 2.75) is 51.7 Å². The van der Waals surface area contributed by atoms with Crippen molar-refractivity contribution < 1.29 is 9.59 Å². The van der Waals surface area contributed by atoms with E-state index < -0.39 is 0 Å². The van der Waals surface area contributed by atoms with Crippen LogP contribution in [0.2, 0.25) is 0 Å². The minimum absolute atomic E-state index is 0.0173. The molecular weight excluding hydrogens is 276 g/mol. The molecule has 0 unspecified atom stereocenters. The molecule has 2 aliphatic heterocycles. The van der Waals surface area contributed by atoms with E-state index in [2.05, 4.69) is 11.4 Å². The maximum absolute atomic E-state index is 12.7. The number of piperazine rings is 1. The van der Waals surface area contributed by atoms with Crippen LogP contribution in [0.4, 0.5) is 0 Å². The zero-order valence-corrected chi connectivity index (χ0v) is 13.1. The zero-order valence-electron chi connectivity index (χ0n) is 13.1. The Morgan fingerprint density at radius 1 is 1.27 bits per heavy atom. The smallest absolute Gasteiger partial charge is 0.246 e. The van der Waals surface area contributed by atoms with E-state index in [9.17, 15) is 9.59 Å². The Morgan fingerprint density at radius 2 is 2.00 bits per heavy atom. The molecule has 4 heteroatoms. The van der Waals surface area contributed by atoms with Gasteiger partial charge in [-0.25, -0.2) is 0 Å². The van der Waals surface area contributed by atoms with E-state index in [1.165, 1.54) is 11.1 Å². The van der Waals surface area contributed by atoms with E-state index in [0.29, 0.717) is 19.4 Å². The topological polar surface area (TPSA) is 49.4 Å². The van der Waals surface area contributed by atoms with Crippen molar-refractivity contribution in [2.75, 3.05) is 0 Å². The van der Waals surface area contributed by atoms with Crippen molar-refractivity contribution in [3.05, 3.63) is 47.0 Å². The highest BCUT2D eigenvalue weighted by atomic mass is 16.2. The largest absolute Gasteiger partial charge is 0.342 e. The number of rotatable bonds is 3. The molecule has 2 heterocycles. The van der Waals surface area contributed by atoms with Crippen LogP contribution in [-0.2, 0) is 22.6 Å². The van der Waals surface area contributed by atoms with Crippen molar-refractivity contribution in [3.63, 3.8) is 0 Å². The molecule has 3 rings (SSSR count). The first kappa shape index (κ1) is 14.8. The average molecular weight is 298 g/mol. The summed E-state index contributed by atoms with van der Waals surface area (Å²) in [5, 5.41) is 2.91. The Morgan fingerprint density at radius 3 is 2.73 bits per heavy atom. The Hall–Kier alpha value is -2.10. The number of benzene rings is 1. The summed E-state index contributed by atoms with van der Waals surface area (Å²) in [6.07, 6.45) is 4.21. The van der Waals surface area contributed by atoms with Crippen LogP contribution in [0, 0.1) is 0 Å². The number of hydrogen-bond acceptors (Lipinski definition) is 2. The van der Waals surface area contributed by atoms with Crippen molar-refractivity contribution in [1.29, 1.82) is 0 Å². The zero-order chi connectivity index (χ0) is 15.7. The summed E-state index contributed by atoms with van der Waals surface area (Å²) in [6.45, 7) is 4.63. The van der Waals surface area contributed by atoms with Gasteiger partial charge in [0, 0.05) is 13.0 Å². The monoisotopic (exact) mass is 298 g/mol. The van der Waals surface area contributed by atoms with Crippen molar-refractivity contribution >= 4 is 11.8 Å². The molecule has 1 saturated heterocycles. The number of amides is 2. The van der Waals surface area contributed by atoms with Crippen LogP contribution in [0.5, 0.6) is 0 Å². The van der Waals surface area contributed by atoms with E-state index in [0.717, 1.165) is 12.0 Å². The van der Waals surface area contributed by atoms with Gasteiger partial charge in [-0.1, -0.05) is 35.9 Å². The van der Waals surface area contributed by atoms with Gasteiger partial charge in [0.1, 0.15) is 12.1 Å². The lowest BCUT2D eigenvalue weighted by Gasteiger charge is -2.42. The second-order valence-electron chi connectivity index (χ2n) is 6.37. The van der Waals surface area contributed by atoms with Crippen LogP contribution < -0.4 is 5.32 Å². The maximum Gasteiger partial charge on any atom is 0.246 e. The molecule has 0 radical (unpaired) electrons. The SMILES string of the molecule is CC(C)=CCC[C@H]1NC(=O)[C@@H]2Cc3ccccc3CN2C1=O. The molecule has 0 bridgehead atoms. The van der Waals surface area contributed by atoms with E-state index >= 15 is 0 Å². The van der Waals surface area contributed by atoms with Gasteiger partial charge in [-0.2, -0.15) is 0 Å². The number of hydrogen-bond donors (Lipinski definition) is 1. The summed E-state index contributed by atoms with van der Waals surface area (Å²) in [5.41, 5.74) is 3.57. The van der Waals surface area contributed by atoms with Crippen LogP contribution in [0.25, 0.3) is 0 Å². The van der Waals surface area contributed by atoms with Crippen molar-refractivity contribution in [2.24, 2.45) is 0 Å². The van der Waals surface area contributed by atoms with Gasteiger partial charge in [0.15, 0.2) is 0 Å². The molecule has 2 atom stereocenters. The average Bonchev–Trinajstić information content (AvgIpc) is 2.50. The van der Waals surface area contributed by atoms with Gasteiger partial charge in [0.2, 0.25) is 11.8 Å². The summed E-state index contributed by atoms with van der Waals surface area (Å²) in [6, 6.07) is 7.33. The molecule has 1 aromatic carbocycles. The number of fused-ring (bicyclic) bond motifs is 2. The molecular formula is C18H22N2O2. The highest BCUT2D eigenvalue weighted by Gasteiger charge is 2.42. The highest BCUT2D eigenvalue weighted by Crippen LogP contribution is 2.27. The number of nitrogens with zero attached hydrogens (tertiary/aromatic N) is 1. The third-order valence-electron chi connectivity index (χ3n) is 4.46. The van der Waals surface area contributed by atoms with E-state index in [4.69, 9.17) is 0 Å². The quantitative estimate of drug-likeness (QED) is 0.870. The number of allylic oxidation sites excluding steroid dienone is 2. The van der Waals surface area contributed by atoms with Crippen LogP contribution in [0.3, 0.4) is 0 Å². The number of carbonyl (C=O) groups excluding carboxylic acids is 2. The summed E-state index contributed by atoms with van der Waals surface area (Å²) >= 11 is 0. The van der Waals surface area contributed by atoms with E-state index in [-0.39, 0.29) is 23.9 Å².